The fourth-order valence-electron chi connectivity index (χ4n) is 1.47. The number of rotatable bonds is 3. The van der Waals surface area contributed by atoms with Gasteiger partial charge in [0, 0.05) is 0 Å². The van der Waals surface area contributed by atoms with Gasteiger partial charge in [-0.05, 0) is 19.2 Å². The van der Waals surface area contributed by atoms with Crippen LogP contribution in [0.2, 0.25) is 5.02 Å². The lowest BCUT2D eigenvalue weighted by molar-refractivity contribution is 0.587. The Morgan fingerprint density at radius 2 is 2.06 bits per heavy atom. The van der Waals surface area contributed by atoms with Gasteiger partial charge in [0.25, 0.3) is 0 Å². The highest BCUT2D eigenvalue weighted by Gasteiger charge is 2.18. The van der Waals surface area contributed by atoms with Crippen LogP contribution in [-0.4, -0.2) is 25.2 Å². The maximum Gasteiger partial charge on any atom is 0.242 e. The fourth-order valence-corrected chi connectivity index (χ4v) is 2.52. The number of nitrogen functional groups attached to an aromatic ring is 1. The van der Waals surface area contributed by atoms with E-state index in [1.165, 1.54) is 24.0 Å². The SMILES string of the molecule is CNS(=O)(=O)c1ccccc1-n1cc(Cl)c(N)n1. The Morgan fingerprint density at radius 1 is 1.39 bits per heavy atom. The minimum absolute atomic E-state index is 0.103. The van der Waals surface area contributed by atoms with Crippen LogP contribution in [0.4, 0.5) is 5.82 Å². The molecule has 0 aliphatic carbocycles. The van der Waals surface area contributed by atoms with Gasteiger partial charge in [0.05, 0.1) is 11.9 Å². The molecule has 2 aromatic rings. The Morgan fingerprint density at radius 3 is 2.61 bits per heavy atom. The Bertz CT molecular complexity index is 661. The lowest BCUT2D eigenvalue weighted by Crippen LogP contribution is -2.20. The second-order valence-corrected chi connectivity index (χ2v) is 5.74. The van der Waals surface area contributed by atoms with E-state index in [-0.39, 0.29) is 15.7 Å². The molecule has 1 heterocycles. The van der Waals surface area contributed by atoms with Crippen LogP contribution in [0.5, 0.6) is 0 Å². The summed E-state index contributed by atoms with van der Waals surface area (Å²) in [5.41, 5.74) is 5.92. The maximum absolute atomic E-state index is 11.9. The number of sulfonamides is 1. The summed E-state index contributed by atoms with van der Waals surface area (Å²) in [5, 5.41) is 4.23. The van der Waals surface area contributed by atoms with Gasteiger partial charge >= 0.3 is 0 Å². The van der Waals surface area contributed by atoms with Gasteiger partial charge in [0.1, 0.15) is 9.92 Å². The largest absolute Gasteiger partial charge is 0.381 e. The quantitative estimate of drug-likeness (QED) is 0.881. The van der Waals surface area contributed by atoms with Gasteiger partial charge in [-0.2, -0.15) is 0 Å². The molecule has 3 N–H and O–H groups in total. The first kappa shape index (κ1) is 12.9. The van der Waals surface area contributed by atoms with Crippen molar-refractivity contribution in [1.82, 2.24) is 14.5 Å². The fraction of sp³-hybridized carbons (Fsp3) is 0.100. The van der Waals surface area contributed by atoms with Gasteiger partial charge in [-0.1, -0.05) is 23.7 Å². The van der Waals surface area contributed by atoms with Crippen molar-refractivity contribution >= 4 is 27.4 Å². The van der Waals surface area contributed by atoms with E-state index < -0.39 is 10.0 Å². The molecule has 0 saturated heterocycles. The van der Waals surface area contributed by atoms with Crippen LogP contribution < -0.4 is 10.5 Å². The smallest absolute Gasteiger partial charge is 0.242 e. The van der Waals surface area contributed by atoms with Crippen LogP contribution in [-0.2, 0) is 10.0 Å². The number of nitrogens with zero attached hydrogens (tertiary/aromatic N) is 2. The lowest BCUT2D eigenvalue weighted by Gasteiger charge is -2.08. The third kappa shape index (κ3) is 2.20. The highest BCUT2D eigenvalue weighted by Crippen LogP contribution is 2.23. The van der Waals surface area contributed by atoms with Crippen LogP contribution in [0.15, 0.2) is 35.4 Å². The Hall–Kier alpha value is -1.57. The van der Waals surface area contributed by atoms with Crippen LogP contribution in [0.3, 0.4) is 0 Å². The minimum atomic E-state index is -3.58. The first-order valence-electron chi connectivity index (χ1n) is 4.99. The second-order valence-electron chi connectivity index (χ2n) is 3.48. The number of anilines is 1. The van der Waals surface area contributed by atoms with E-state index in [2.05, 4.69) is 9.82 Å². The number of aromatic nitrogens is 2. The summed E-state index contributed by atoms with van der Waals surface area (Å²) in [7, 11) is -2.23. The van der Waals surface area contributed by atoms with Crippen LogP contribution in [0.25, 0.3) is 5.69 Å². The van der Waals surface area contributed by atoms with E-state index in [1.54, 1.807) is 18.2 Å². The number of para-hydroxylation sites is 1. The van der Waals surface area contributed by atoms with E-state index in [9.17, 15) is 8.42 Å². The Kier molecular flexibility index (Phi) is 3.29. The summed E-state index contributed by atoms with van der Waals surface area (Å²) in [4.78, 5) is 0.103. The number of nitrogens with two attached hydrogens (primary N) is 1. The van der Waals surface area contributed by atoms with Gasteiger partial charge in [-0.15, -0.1) is 5.10 Å². The van der Waals surface area contributed by atoms with Gasteiger partial charge in [0.2, 0.25) is 10.0 Å². The molecule has 0 amide bonds. The molecule has 0 saturated carbocycles. The van der Waals surface area contributed by atoms with Crippen molar-refractivity contribution in [3.8, 4) is 5.69 Å². The predicted octanol–water partition coefficient (Wildman–Crippen LogP) is 1.02. The zero-order chi connectivity index (χ0) is 13.3. The molecule has 1 aromatic heterocycles. The Balaban J connectivity index is 2.66. The van der Waals surface area contributed by atoms with Crippen molar-refractivity contribution < 1.29 is 8.42 Å². The average Bonchev–Trinajstić information content (AvgIpc) is 2.69. The van der Waals surface area contributed by atoms with Crippen molar-refractivity contribution in [1.29, 1.82) is 0 Å². The van der Waals surface area contributed by atoms with Crippen molar-refractivity contribution in [2.75, 3.05) is 12.8 Å². The molecule has 8 heteroatoms. The first-order valence-corrected chi connectivity index (χ1v) is 6.85. The van der Waals surface area contributed by atoms with Crippen LogP contribution >= 0.6 is 11.6 Å². The number of nitrogens with one attached hydrogen (secondary N) is 1. The molecular weight excluding hydrogens is 276 g/mol. The summed E-state index contributed by atoms with van der Waals surface area (Å²) in [5.74, 6) is 0.147. The molecule has 0 unspecified atom stereocenters. The number of benzene rings is 1. The first-order chi connectivity index (χ1) is 8.45. The normalized spacial score (nSPS) is 11.7. The van der Waals surface area contributed by atoms with Gasteiger partial charge < -0.3 is 5.73 Å². The lowest BCUT2D eigenvalue weighted by atomic mass is 10.3. The highest BCUT2D eigenvalue weighted by atomic mass is 35.5. The summed E-state index contributed by atoms with van der Waals surface area (Å²) >= 11 is 5.81. The third-order valence-corrected chi connectivity index (χ3v) is 4.12. The predicted molar refractivity (Wildman–Crippen MR) is 69.2 cm³/mol. The van der Waals surface area contributed by atoms with E-state index in [0.717, 1.165) is 0 Å². The number of hydrogen-bond donors (Lipinski definition) is 2. The molecule has 0 aliphatic rings. The Labute approximate surface area is 109 Å². The number of halogens is 1. The summed E-state index contributed by atoms with van der Waals surface area (Å²) < 4.78 is 27.3. The molecule has 2 rings (SSSR count). The topological polar surface area (TPSA) is 90.0 Å². The van der Waals surface area contributed by atoms with Gasteiger partial charge in [-0.3, -0.25) is 0 Å². The minimum Gasteiger partial charge on any atom is -0.381 e. The van der Waals surface area contributed by atoms with E-state index in [0.29, 0.717) is 5.69 Å². The van der Waals surface area contributed by atoms with Crippen molar-refractivity contribution in [2.45, 2.75) is 4.90 Å². The maximum atomic E-state index is 11.9. The van der Waals surface area contributed by atoms with Crippen LogP contribution in [0.1, 0.15) is 0 Å². The van der Waals surface area contributed by atoms with Gasteiger partial charge in [0.15, 0.2) is 5.82 Å². The molecule has 6 nitrogen and oxygen atoms in total. The van der Waals surface area contributed by atoms with Gasteiger partial charge in [-0.25, -0.2) is 17.8 Å². The molecule has 1 aromatic carbocycles. The third-order valence-electron chi connectivity index (χ3n) is 2.37. The van der Waals surface area contributed by atoms with E-state index in [4.69, 9.17) is 17.3 Å². The highest BCUT2D eigenvalue weighted by molar-refractivity contribution is 7.89. The monoisotopic (exact) mass is 286 g/mol. The zero-order valence-corrected chi connectivity index (χ0v) is 11.0. The molecule has 0 radical (unpaired) electrons. The molecule has 18 heavy (non-hydrogen) atoms. The second kappa shape index (κ2) is 4.60. The zero-order valence-electron chi connectivity index (χ0n) is 9.46. The molecule has 0 spiro atoms. The molecule has 0 atom stereocenters. The summed E-state index contributed by atoms with van der Waals surface area (Å²) in [6.45, 7) is 0. The van der Waals surface area contributed by atoms with E-state index >= 15 is 0 Å². The molecular formula is C10H11ClN4O2S. The van der Waals surface area contributed by atoms with Crippen molar-refractivity contribution in [3.63, 3.8) is 0 Å². The van der Waals surface area contributed by atoms with Crippen LogP contribution in [0, 0.1) is 0 Å². The molecule has 96 valence electrons. The standard InChI is InChI=1S/C10H11ClN4O2S/c1-13-18(16,17)9-5-3-2-4-8(9)15-6-7(11)10(12)14-15/h2-6,13H,1H3,(H2,12,14). The molecule has 0 bridgehead atoms. The molecule has 0 aliphatic heterocycles. The summed E-state index contributed by atoms with van der Waals surface area (Å²) in [6, 6.07) is 6.43. The number of hydrogen-bond acceptors (Lipinski definition) is 4. The van der Waals surface area contributed by atoms with Crippen molar-refractivity contribution in [2.24, 2.45) is 0 Å². The van der Waals surface area contributed by atoms with E-state index in [1.807, 2.05) is 0 Å². The summed E-state index contributed by atoms with van der Waals surface area (Å²) in [6.07, 6.45) is 1.46. The molecule has 0 fully saturated rings. The van der Waals surface area contributed by atoms with Crippen molar-refractivity contribution in [3.05, 3.63) is 35.5 Å². The average molecular weight is 287 g/mol.